The molecule has 3 aromatic carbocycles. The number of benzene rings is 3. The maximum atomic E-state index is 9.98. The summed E-state index contributed by atoms with van der Waals surface area (Å²) in [5, 5.41) is 16.8. The molecule has 0 unspecified atom stereocenters. The van der Waals surface area contributed by atoms with E-state index >= 15 is 0 Å². The summed E-state index contributed by atoms with van der Waals surface area (Å²) in [6, 6.07) is 21.5. The Morgan fingerprint density at radius 1 is 0.968 bits per heavy atom. The lowest BCUT2D eigenvalue weighted by Gasteiger charge is -2.37. The van der Waals surface area contributed by atoms with Gasteiger partial charge in [0.25, 0.3) is 0 Å². The van der Waals surface area contributed by atoms with Crippen LogP contribution in [0.15, 0.2) is 70.2 Å². The number of phenols is 1. The Morgan fingerprint density at radius 2 is 1.58 bits per heavy atom. The van der Waals surface area contributed by atoms with Crippen molar-refractivity contribution in [3.05, 3.63) is 81.8 Å². The fourth-order valence-corrected chi connectivity index (χ4v) is 5.04. The molecule has 2 aliphatic rings. The molecule has 0 bridgehead atoms. The summed E-state index contributed by atoms with van der Waals surface area (Å²) in [5.74, 6) is 0.532. The number of nitrogens with zero attached hydrogens (tertiary/aromatic N) is 3. The lowest BCUT2D eigenvalue weighted by atomic mass is 10.0. The first-order valence-corrected chi connectivity index (χ1v) is 11.2. The lowest BCUT2D eigenvalue weighted by Crippen LogP contribution is -2.45. The first-order valence-electron chi connectivity index (χ1n) is 10.4. The molecule has 5 nitrogen and oxygen atoms in total. The highest BCUT2D eigenvalue weighted by Crippen LogP contribution is 2.46. The Bertz CT molecular complexity index is 1090. The van der Waals surface area contributed by atoms with Gasteiger partial charge in [-0.2, -0.15) is 5.10 Å². The van der Waals surface area contributed by atoms with Crippen molar-refractivity contribution in [2.45, 2.75) is 6.04 Å². The van der Waals surface area contributed by atoms with Gasteiger partial charge < -0.3 is 9.84 Å². The number of halogens is 1. The topological polar surface area (TPSA) is 48.3 Å². The third-order valence-corrected chi connectivity index (χ3v) is 6.70. The normalized spacial score (nSPS) is 16.5. The number of fused-ring (bicyclic) bond motifs is 3. The zero-order valence-corrected chi connectivity index (χ0v) is 18.9. The Morgan fingerprint density at radius 3 is 2.19 bits per heavy atom. The van der Waals surface area contributed by atoms with Gasteiger partial charge >= 0.3 is 0 Å². The first-order chi connectivity index (χ1) is 15.2. The van der Waals surface area contributed by atoms with Crippen LogP contribution in [0.2, 0.25) is 0 Å². The second-order valence-corrected chi connectivity index (χ2v) is 8.72. The van der Waals surface area contributed by atoms with Crippen LogP contribution in [0.3, 0.4) is 0 Å². The van der Waals surface area contributed by atoms with E-state index in [4.69, 9.17) is 4.74 Å². The van der Waals surface area contributed by atoms with Crippen molar-refractivity contribution >= 4 is 22.1 Å². The second-order valence-electron chi connectivity index (χ2n) is 7.86. The molecule has 1 aliphatic carbocycles. The molecule has 0 saturated carbocycles. The van der Waals surface area contributed by atoms with E-state index in [1.807, 2.05) is 12.3 Å². The van der Waals surface area contributed by atoms with Crippen molar-refractivity contribution in [3.63, 3.8) is 0 Å². The molecule has 1 saturated heterocycles. The van der Waals surface area contributed by atoms with Gasteiger partial charge in [0.05, 0.1) is 23.8 Å². The van der Waals surface area contributed by atoms with Crippen LogP contribution in [0.4, 0.5) is 0 Å². The Labute approximate surface area is 190 Å². The lowest BCUT2D eigenvalue weighted by molar-refractivity contribution is 0.114. The third-order valence-electron chi connectivity index (χ3n) is 6.10. The molecule has 1 fully saturated rings. The maximum absolute atomic E-state index is 9.98. The van der Waals surface area contributed by atoms with Crippen LogP contribution >= 0.6 is 15.9 Å². The van der Waals surface area contributed by atoms with Gasteiger partial charge in [-0.25, -0.2) is 0 Å². The monoisotopic (exact) mass is 477 g/mol. The molecule has 6 heteroatoms. The molecule has 0 spiro atoms. The summed E-state index contributed by atoms with van der Waals surface area (Å²) < 4.78 is 5.82. The maximum Gasteiger partial charge on any atom is 0.172 e. The van der Waals surface area contributed by atoms with Crippen molar-refractivity contribution in [3.8, 4) is 22.6 Å². The zero-order chi connectivity index (χ0) is 21.4. The Balaban J connectivity index is 1.30. The van der Waals surface area contributed by atoms with E-state index in [2.05, 4.69) is 79.5 Å². The molecule has 1 heterocycles. The summed E-state index contributed by atoms with van der Waals surface area (Å²) in [6.07, 6.45) is 1.82. The molecule has 5 rings (SSSR count). The minimum absolute atomic E-state index is 0.102. The molecule has 0 atom stereocenters. The number of phenolic OH excluding ortho intramolecular Hbond substituents is 1. The average Bonchev–Trinajstić information content (AvgIpc) is 3.14. The second kappa shape index (κ2) is 8.36. The highest BCUT2D eigenvalue weighted by atomic mass is 79.9. The van der Waals surface area contributed by atoms with Crippen LogP contribution in [0, 0.1) is 0 Å². The molecular weight excluding hydrogens is 454 g/mol. The van der Waals surface area contributed by atoms with Crippen LogP contribution in [-0.4, -0.2) is 54.5 Å². The van der Waals surface area contributed by atoms with Crippen LogP contribution < -0.4 is 4.74 Å². The number of rotatable bonds is 4. The van der Waals surface area contributed by atoms with Crippen LogP contribution in [-0.2, 0) is 0 Å². The van der Waals surface area contributed by atoms with E-state index in [1.54, 1.807) is 13.2 Å². The molecule has 158 valence electrons. The zero-order valence-electron chi connectivity index (χ0n) is 17.3. The van der Waals surface area contributed by atoms with Crippen molar-refractivity contribution in [1.82, 2.24) is 9.91 Å². The third kappa shape index (κ3) is 3.70. The number of aromatic hydroxyl groups is 1. The quantitative estimate of drug-likeness (QED) is 0.543. The Hall–Kier alpha value is -2.83. The minimum atomic E-state index is 0.102. The van der Waals surface area contributed by atoms with Gasteiger partial charge in [0, 0.05) is 26.2 Å². The number of methoxy groups -OCH3 is 1. The summed E-state index contributed by atoms with van der Waals surface area (Å²) in [4.78, 5) is 2.57. The summed E-state index contributed by atoms with van der Waals surface area (Å²) in [7, 11) is 1.54. The molecule has 0 amide bonds. The predicted octanol–water partition coefficient (Wildman–Crippen LogP) is 4.88. The fraction of sp³-hybridized carbons (Fsp3) is 0.240. The van der Waals surface area contributed by atoms with Crippen LogP contribution in [0.1, 0.15) is 22.7 Å². The number of hydrogen-bond donors (Lipinski definition) is 1. The van der Waals surface area contributed by atoms with Crippen molar-refractivity contribution in [2.75, 3.05) is 33.3 Å². The van der Waals surface area contributed by atoms with E-state index in [1.165, 1.54) is 22.3 Å². The standard InChI is InChI=1S/C25H24BrN3O2/c1-31-23-15-17(14-22(26)25(23)30)16-27-29-12-10-28(11-13-29)24-20-8-4-2-6-18(20)19-7-3-5-9-21(19)24/h2-9,14-16,24,30H,10-13H2,1H3/b27-16+. The number of hydrazone groups is 1. The average molecular weight is 478 g/mol. The van der Waals surface area contributed by atoms with Gasteiger partial charge in [-0.1, -0.05) is 48.5 Å². The molecule has 31 heavy (non-hydrogen) atoms. The van der Waals surface area contributed by atoms with Gasteiger partial charge in [0.1, 0.15) is 0 Å². The number of piperazine rings is 1. The van der Waals surface area contributed by atoms with Gasteiger partial charge in [0.15, 0.2) is 11.5 Å². The smallest absolute Gasteiger partial charge is 0.172 e. The van der Waals surface area contributed by atoms with E-state index < -0.39 is 0 Å². The number of ether oxygens (including phenoxy) is 1. The molecular formula is C25H24BrN3O2. The predicted molar refractivity (Wildman–Crippen MR) is 127 cm³/mol. The summed E-state index contributed by atoms with van der Waals surface area (Å²) in [5.41, 5.74) is 6.40. The minimum Gasteiger partial charge on any atom is -0.503 e. The van der Waals surface area contributed by atoms with Gasteiger partial charge in [-0.15, -0.1) is 0 Å². The van der Waals surface area contributed by atoms with Crippen LogP contribution in [0.5, 0.6) is 11.5 Å². The van der Waals surface area contributed by atoms with E-state index in [0.717, 1.165) is 31.7 Å². The van der Waals surface area contributed by atoms with Gasteiger partial charge in [-0.05, 0) is 55.9 Å². The molecule has 0 aromatic heterocycles. The molecule has 1 N–H and O–H groups in total. The van der Waals surface area contributed by atoms with E-state index in [0.29, 0.717) is 16.3 Å². The largest absolute Gasteiger partial charge is 0.503 e. The molecule has 1 aliphatic heterocycles. The highest BCUT2D eigenvalue weighted by molar-refractivity contribution is 9.10. The Kier molecular flexibility index (Phi) is 5.42. The fourth-order valence-electron chi connectivity index (χ4n) is 4.58. The first kappa shape index (κ1) is 20.1. The van der Waals surface area contributed by atoms with Crippen molar-refractivity contribution in [2.24, 2.45) is 5.10 Å². The summed E-state index contributed by atoms with van der Waals surface area (Å²) >= 11 is 3.36. The SMILES string of the molecule is COc1cc(/C=N/N2CCN(C3c4ccccc4-c4ccccc43)CC2)cc(Br)c1O. The molecule has 0 radical (unpaired) electrons. The van der Waals surface area contributed by atoms with E-state index in [9.17, 15) is 5.11 Å². The van der Waals surface area contributed by atoms with Crippen LogP contribution in [0.25, 0.3) is 11.1 Å². The molecule has 3 aromatic rings. The highest BCUT2D eigenvalue weighted by Gasteiger charge is 2.33. The summed E-state index contributed by atoms with van der Waals surface area (Å²) in [6.45, 7) is 3.64. The van der Waals surface area contributed by atoms with Gasteiger partial charge in [0.2, 0.25) is 0 Å². The van der Waals surface area contributed by atoms with Crippen molar-refractivity contribution in [1.29, 1.82) is 0 Å². The number of hydrogen-bond acceptors (Lipinski definition) is 5. The van der Waals surface area contributed by atoms with Crippen molar-refractivity contribution < 1.29 is 9.84 Å². The van der Waals surface area contributed by atoms with E-state index in [-0.39, 0.29) is 5.75 Å². The van der Waals surface area contributed by atoms with Gasteiger partial charge in [-0.3, -0.25) is 9.91 Å².